The Balaban J connectivity index is 1.24. The van der Waals surface area contributed by atoms with E-state index in [0.29, 0.717) is 18.8 Å². The molecule has 1 amide bonds. The van der Waals surface area contributed by atoms with Crippen LogP contribution in [0.3, 0.4) is 0 Å². The number of ether oxygens (including phenoxy) is 2. The van der Waals surface area contributed by atoms with Crippen LogP contribution < -0.4 is 0 Å². The number of likely N-dealkylation sites (N-methyl/N-ethyl adjacent to an activating group) is 1. The van der Waals surface area contributed by atoms with E-state index in [-0.39, 0.29) is 24.5 Å². The fourth-order valence-corrected chi connectivity index (χ4v) is 6.28. The summed E-state index contributed by atoms with van der Waals surface area (Å²) in [7, 11) is 1.91. The summed E-state index contributed by atoms with van der Waals surface area (Å²) >= 11 is 0. The van der Waals surface area contributed by atoms with E-state index in [0.717, 1.165) is 30.4 Å². The fraction of sp³-hybridized carbons (Fsp3) is 0.382. The molecule has 1 saturated carbocycles. The summed E-state index contributed by atoms with van der Waals surface area (Å²) in [5.74, 6) is 0.359. The number of hydrogen-bond acceptors (Lipinski definition) is 4. The summed E-state index contributed by atoms with van der Waals surface area (Å²) in [6.07, 6.45) is 8.76. The van der Waals surface area contributed by atoms with Crippen LogP contribution in [-0.2, 0) is 33.9 Å². The number of aliphatic hydroxyl groups is 1. The lowest BCUT2D eigenvalue weighted by Gasteiger charge is -2.35. The zero-order chi connectivity index (χ0) is 26.8. The number of amides is 1. The van der Waals surface area contributed by atoms with Gasteiger partial charge in [-0.15, -0.1) is 0 Å². The minimum absolute atomic E-state index is 0.0190. The summed E-state index contributed by atoms with van der Waals surface area (Å²) < 4.78 is 12.5. The first-order chi connectivity index (χ1) is 19.1. The molecule has 5 heteroatoms. The van der Waals surface area contributed by atoms with E-state index >= 15 is 0 Å². The second-order valence-electron chi connectivity index (χ2n) is 11.2. The minimum atomic E-state index is -0.526. The molecule has 3 aliphatic rings. The van der Waals surface area contributed by atoms with Gasteiger partial charge in [0.25, 0.3) is 5.91 Å². The summed E-state index contributed by atoms with van der Waals surface area (Å²) in [6, 6.07) is 23.3. The summed E-state index contributed by atoms with van der Waals surface area (Å²) in [5, 5.41) is 9.34. The van der Waals surface area contributed by atoms with Gasteiger partial charge >= 0.3 is 0 Å². The second-order valence-corrected chi connectivity index (χ2v) is 11.2. The molecule has 6 rings (SSSR count). The van der Waals surface area contributed by atoms with Gasteiger partial charge < -0.3 is 19.5 Å². The maximum Gasteiger partial charge on any atom is 0.288 e. The maximum absolute atomic E-state index is 13.7. The van der Waals surface area contributed by atoms with E-state index in [2.05, 4.69) is 42.5 Å². The average molecular weight is 524 g/mol. The van der Waals surface area contributed by atoms with E-state index in [4.69, 9.17) is 9.47 Å². The molecule has 5 nitrogen and oxygen atoms in total. The molecule has 1 heterocycles. The number of allylic oxidation sites excluding steroid dienone is 1. The molecule has 0 saturated heterocycles. The zero-order valence-corrected chi connectivity index (χ0v) is 22.6. The number of rotatable bonds is 7. The third-order valence-electron chi connectivity index (χ3n) is 8.60. The van der Waals surface area contributed by atoms with Crippen molar-refractivity contribution in [3.05, 3.63) is 106 Å². The molecule has 0 unspecified atom stereocenters. The van der Waals surface area contributed by atoms with Crippen molar-refractivity contribution in [2.24, 2.45) is 0 Å². The van der Waals surface area contributed by atoms with Gasteiger partial charge in [-0.1, -0.05) is 86.0 Å². The van der Waals surface area contributed by atoms with Crippen LogP contribution in [0.4, 0.5) is 0 Å². The SMILES string of the molecule is CN(C(=O)C1=C[C@@H](c2ccc3c(c2)Cc2ccccc2-3)C[C@@H](OCc2ccc(CO)cc2)O1)C1CCCCC1. The van der Waals surface area contributed by atoms with Gasteiger partial charge in [-0.05, 0) is 64.3 Å². The molecule has 3 aromatic carbocycles. The van der Waals surface area contributed by atoms with Gasteiger partial charge in [0.05, 0.1) is 13.2 Å². The summed E-state index contributed by atoms with van der Waals surface area (Å²) in [6.45, 7) is 0.397. The van der Waals surface area contributed by atoms with E-state index in [1.54, 1.807) is 0 Å². The molecule has 0 bridgehead atoms. The van der Waals surface area contributed by atoms with Crippen molar-refractivity contribution in [2.45, 2.75) is 76.4 Å². The highest BCUT2D eigenvalue weighted by Gasteiger charge is 2.33. The van der Waals surface area contributed by atoms with Gasteiger partial charge in [0, 0.05) is 25.4 Å². The Labute approximate surface area is 231 Å². The topological polar surface area (TPSA) is 59.0 Å². The highest BCUT2D eigenvalue weighted by molar-refractivity contribution is 5.92. The van der Waals surface area contributed by atoms with Crippen LogP contribution in [0.5, 0.6) is 0 Å². The van der Waals surface area contributed by atoms with Crippen LogP contribution >= 0.6 is 0 Å². The molecule has 0 radical (unpaired) electrons. The smallest absolute Gasteiger partial charge is 0.288 e. The van der Waals surface area contributed by atoms with Crippen molar-refractivity contribution in [3.63, 3.8) is 0 Å². The number of hydrogen-bond donors (Lipinski definition) is 1. The number of carbonyl (C=O) groups is 1. The fourth-order valence-electron chi connectivity index (χ4n) is 6.28. The van der Waals surface area contributed by atoms with Crippen LogP contribution in [0.15, 0.2) is 78.6 Å². The van der Waals surface area contributed by atoms with Gasteiger partial charge in [0.15, 0.2) is 5.76 Å². The lowest BCUT2D eigenvalue weighted by Crippen LogP contribution is -2.41. The Morgan fingerprint density at radius 2 is 1.69 bits per heavy atom. The molecule has 39 heavy (non-hydrogen) atoms. The second kappa shape index (κ2) is 11.4. The minimum Gasteiger partial charge on any atom is -0.459 e. The third kappa shape index (κ3) is 5.52. The zero-order valence-electron chi connectivity index (χ0n) is 22.6. The molecule has 0 spiro atoms. The molecule has 202 valence electrons. The molecule has 1 fully saturated rings. The summed E-state index contributed by atoms with van der Waals surface area (Å²) in [5.41, 5.74) is 8.39. The Hall–Kier alpha value is -3.41. The Morgan fingerprint density at radius 1 is 0.949 bits per heavy atom. The number of carbonyl (C=O) groups excluding carboxylic acids is 1. The van der Waals surface area contributed by atoms with E-state index in [1.165, 1.54) is 47.1 Å². The molecule has 3 aromatic rings. The Bertz CT molecular complexity index is 1360. The predicted molar refractivity (Wildman–Crippen MR) is 152 cm³/mol. The first-order valence-electron chi connectivity index (χ1n) is 14.3. The molecule has 0 aromatic heterocycles. The van der Waals surface area contributed by atoms with Gasteiger partial charge in [-0.2, -0.15) is 0 Å². The highest BCUT2D eigenvalue weighted by atomic mass is 16.7. The van der Waals surface area contributed by atoms with Gasteiger partial charge in [0.1, 0.15) is 0 Å². The van der Waals surface area contributed by atoms with Crippen LogP contribution in [0.1, 0.15) is 72.3 Å². The lowest BCUT2D eigenvalue weighted by atomic mass is 9.90. The number of nitrogens with zero attached hydrogens (tertiary/aromatic N) is 1. The number of aliphatic hydroxyl groups excluding tert-OH is 1. The van der Waals surface area contributed by atoms with Gasteiger partial charge in [-0.3, -0.25) is 4.79 Å². The molecule has 1 aliphatic heterocycles. The van der Waals surface area contributed by atoms with Crippen molar-refractivity contribution in [3.8, 4) is 11.1 Å². The largest absolute Gasteiger partial charge is 0.459 e. The van der Waals surface area contributed by atoms with Crippen molar-refractivity contribution in [1.29, 1.82) is 0 Å². The Morgan fingerprint density at radius 3 is 2.49 bits per heavy atom. The number of fused-ring (bicyclic) bond motifs is 3. The van der Waals surface area contributed by atoms with Crippen LogP contribution in [-0.4, -0.2) is 35.3 Å². The van der Waals surface area contributed by atoms with Gasteiger partial charge in [0.2, 0.25) is 6.29 Å². The van der Waals surface area contributed by atoms with Crippen molar-refractivity contribution in [1.82, 2.24) is 4.90 Å². The average Bonchev–Trinajstić information content (AvgIpc) is 3.38. The first kappa shape index (κ1) is 25.8. The lowest BCUT2D eigenvalue weighted by molar-refractivity contribution is -0.156. The third-order valence-corrected chi connectivity index (χ3v) is 8.60. The van der Waals surface area contributed by atoms with E-state index < -0.39 is 6.29 Å². The first-order valence-corrected chi connectivity index (χ1v) is 14.3. The maximum atomic E-state index is 13.7. The Kier molecular flexibility index (Phi) is 7.53. The van der Waals surface area contributed by atoms with Crippen molar-refractivity contribution >= 4 is 5.91 Å². The molecular formula is C34H37NO4. The monoisotopic (exact) mass is 523 g/mol. The van der Waals surface area contributed by atoms with Crippen LogP contribution in [0.2, 0.25) is 0 Å². The quantitative estimate of drug-likeness (QED) is 0.302. The number of benzene rings is 3. The van der Waals surface area contributed by atoms with Gasteiger partial charge in [-0.25, -0.2) is 0 Å². The summed E-state index contributed by atoms with van der Waals surface area (Å²) in [4.78, 5) is 15.5. The van der Waals surface area contributed by atoms with E-state index in [1.807, 2.05) is 42.3 Å². The molecule has 2 atom stereocenters. The van der Waals surface area contributed by atoms with Crippen molar-refractivity contribution < 1.29 is 19.4 Å². The standard InChI is InChI=1S/C34H37NO4/c1-35(29-8-3-2-4-9-29)34(37)32-19-27(20-33(39-32)38-22-24-13-11-23(21-36)12-14-24)25-15-16-31-28(17-25)18-26-7-5-6-10-30(26)31/h5-7,10-17,19,27,29,33,36H,2-4,8-9,18,20-22H2,1H3/t27-,33+/m1/s1. The van der Waals surface area contributed by atoms with E-state index in [9.17, 15) is 9.90 Å². The van der Waals surface area contributed by atoms with Crippen LogP contribution in [0, 0.1) is 0 Å². The normalized spacial score (nSPS) is 20.5. The predicted octanol–water partition coefficient (Wildman–Crippen LogP) is 6.47. The molecule has 2 aliphatic carbocycles. The molecular weight excluding hydrogens is 486 g/mol. The van der Waals surface area contributed by atoms with Crippen molar-refractivity contribution in [2.75, 3.05) is 7.05 Å². The molecule has 1 N–H and O–H groups in total. The van der Waals surface area contributed by atoms with Crippen LogP contribution in [0.25, 0.3) is 11.1 Å². The highest BCUT2D eigenvalue weighted by Crippen LogP contribution is 2.40.